The maximum atomic E-state index is 12.5. The van der Waals surface area contributed by atoms with Crippen LogP contribution in [-0.4, -0.2) is 42.4 Å². The molecule has 2 rings (SSSR count). The average molecular weight is 394 g/mol. The van der Waals surface area contributed by atoms with E-state index in [0.717, 1.165) is 24.3 Å². The Morgan fingerprint density at radius 1 is 1.22 bits per heavy atom. The number of ether oxygens (including phenoxy) is 2. The van der Waals surface area contributed by atoms with Crippen molar-refractivity contribution in [2.24, 2.45) is 0 Å². The van der Waals surface area contributed by atoms with E-state index in [1.54, 1.807) is 18.9 Å². The molecule has 1 atom stereocenters. The zero-order chi connectivity index (χ0) is 19.5. The highest BCUT2D eigenvalue weighted by Crippen LogP contribution is 2.27. The van der Waals surface area contributed by atoms with Crippen molar-refractivity contribution < 1.29 is 19.1 Å². The first-order chi connectivity index (χ1) is 13.1. The summed E-state index contributed by atoms with van der Waals surface area (Å²) in [5.74, 6) is 1.58. The number of rotatable bonds is 12. The van der Waals surface area contributed by atoms with E-state index in [9.17, 15) is 9.59 Å². The summed E-state index contributed by atoms with van der Waals surface area (Å²) in [5, 5.41) is 0.217. The van der Waals surface area contributed by atoms with Gasteiger partial charge in [0.2, 0.25) is 5.91 Å². The van der Waals surface area contributed by atoms with Crippen LogP contribution in [0.15, 0.2) is 24.3 Å². The molecule has 0 unspecified atom stereocenters. The second-order valence-electron chi connectivity index (χ2n) is 6.85. The number of cyclic esters (lactones) is 1. The molecule has 1 heterocycles. The molecule has 0 saturated carbocycles. The highest BCUT2D eigenvalue weighted by Gasteiger charge is 2.29. The number of thioether (sulfide) groups is 1. The Hall–Kier alpha value is -1.69. The predicted octanol–water partition coefficient (Wildman–Crippen LogP) is 5.03. The van der Waals surface area contributed by atoms with Crippen molar-refractivity contribution in [3.63, 3.8) is 0 Å². The van der Waals surface area contributed by atoms with Gasteiger partial charge in [-0.2, -0.15) is 11.8 Å². The summed E-state index contributed by atoms with van der Waals surface area (Å²) in [6.07, 6.45) is 6.96. The lowest BCUT2D eigenvalue weighted by atomic mass is 10.1. The van der Waals surface area contributed by atoms with Gasteiger partial charge in [-0.3, -0.25) is 4.79 Å². The molecule has 0 aromatic heterocycles. The highest BCUT2D eigenvalue weighted by atomic mass is 32.2. The molecular weight excluding hydrogens is 362 g/mol. The fourth-order valence-electron chi connectivity index (χ4n) is 3.08. The molecule has 1 aliphatic heterocycles. The number of imide groups is 1. The predicted molar refractivity (Wildman–Crippen MR) is 109 cm³/mol. The quantitative estimate of drug-likeness (QED) is 0.466. The van der Waals surface area contributed by atoms with Gasteiger partial charge in [0.1, 0.15) is 12.4 Å². The number of carbonyl (C=O) groups excluding carboxylic acids is 2. The van der Waals surface area contributed by atoms with Crippen LogP contribution in [0.2, 0.25) is 0 Å². The molecule has 150 valence electrons. The molecule has 5 nitrogen and oxygen atoms in total. The molecule has 1 aliphatic rings. The summed E-state index contributed by atoms with van der Waals surface area (Å²) in [6, 6.07) is 8.04. The smallest absolute Gasteiger partial charge is 0.416 e. The van der Waals surface area contributed by atoms with Gasteiger partial charge >= 0.3 is 6.09 Å². The number of unbranched alkanes of at least 4 members (excludes halogenated alkanes) is 4. The number of methoxy groups -OCH3 is 1. The van der Waals surface area contributed by atoms with Gasteiger partial charge in [-0.25, -0.2) is 9.69 Å². The van der Waals surface area contributed by atoms with Crippen molar-refractivity contribution in [1.82, 2.24) is 4.90 Å². The van der Waals surface area contributed by atoms with E-state index in [0.29, 0.717) is 19.6 Å². The van der Waals surface area contributed by atoms with Crippen molar-refractivity contribution >= 4 is 23.8 Å². The highest BCUT2D eigenvalue weighted by molar-refractivity contribution is 7.99. The minimum Gasteiger partial charge on any atom is -0.497 e. The summed E-state index contributed by atoms with van der Waals surface area (Å²) < 4.78 is 10.1. The Balaban J connectivity index is 1.86. The SMILES string of the molecule is CCCCCCC[C@@H](CC(=O)N1CCOC1=O)SCc1ccc(OC)cc1. The first-order valence-electron chi connectivity index (χ1n) is 9.85. The third kappa shape index (κ3) is 7.45. The van der Waals surface area contributed by atoms with Gasteiger partial charge in [-0.15, -0.1) is 0 Å². The number of hydrogen-bond donors (Lipinski definition) is 0. The third-order valence-corrected chi connectivity index (χ3v) is 6.11. The molecule has 6 heteroatoms. The van der Waals surface area contributed by atoms with Crippen LogP contribution >= 0.6 is 11.8 Å². The van der Waals surface area contributed by atoms with Crippen molar-refractivity contribution in [3.8, 4) is 5.75 Å². The number of benzene rings is 1. The Labute approximate surface area is 166 Å². The summed E-state index contributed by atoms with van der Waals surface area (Å²) in [5.41, 5.74) is 1.21. The van der Waals surface area contributed by atoms with Crippen LogP contribution in [0, 0.1) is 0 Å². The molecule has 1 saturated heterocycles. The summed E-state index contributed by atoms with van der Waals surface area (Å²) in [4.78, 5) is 25.4. The number of hydrogen-bond acceptors (Lipinski definition) is 5. The lowest BCUT2D eigenvalue weighted by Gasteiger charge is -2.19. The number of carbonyl (C=O) groups is 2. The monoisotopic (exact) mass is 393 g/mol. The molecular formula is C21H31NO4S. The van der Waals surface area contributed by atoms with Gasteiger partial charge in [0.25, 0.3) is 0 Å². The molecule has 0 N–H and O–H groups in total. The van der Waals surface area contributed by atoms with Crippen molar-refractivity contribution in [2.75, 3.05) is 20.3 Å². The third-order valence-electron chi connectivity index (χ3n) is 4.74. The van der Waals surface area contributed by atoms with Gasteiger partial charge in [0, 0.05) is 17.4 Å². The maximum absolute atomic E-state index is 12.5. The second kappa shape index (κ2) is 11.9. The molecule has 1 fully saturated rings. The summed E-state index contributed by atoms with van der Waals surface area (Å²) in [7, 11) is 1.66. The molecule has 0 radical (unpaired) electrons. The summed E-state index contributed by atoms with van der Waals surface area (Å²) in [6.45, 7) is 2.90. The Bertz CT molecular complexity index is 590. The molecule has 2 amide bonds. The van der Waals surface area contributed by atoms with E-state index in [2.05, 4.69) is 19.1 Å². The molecule has 1 aromatic carbocycles. The van der Waals surface area contributed by atoms with Crippen LogP contribution in [0.3, 0.4) is 0 Å². The first-order valence-corrected chi connectivity index (χ1v) is 10.9. The van der Waals surface area contributed by atoms with Crippen LogP contribution in [-0.2, 0) is 15.3 Å². The Kier molecular flexibility index (Phi) is 9.53. The number of nitrogens with zero attached hydrogens (tertiary/aromatic N) is 1. The molecule has 1 aromatic rings. The van der Waals surface area contributed by atoms with Gasteiger partial charge in [-0.1, -0.05) is 51.2 Å². The van der Waals surface area contributed by atoms with Crippen LogP contribution in [0.1, 0.15) is 57.4 Å². The van der Waals surface area contributed by atoms with E-state index in [1.807, 2.05) is 12.1 Å². The van der Waals surface area contributed by atoms with E-state index in [-0.39, 0.29) is 11.2 Å². The van der Waals surface area contributed by atoms with Gasteiger partial charge in [0.05, 0.1) is 13.7 Å². The molecule has 0 bridgehead atoms. The standard InChI is InChI=1S/C21H31NO4S/c1-3-4-5-6-7-8-19(15-20(23)22-13-14-26-21(22)24)27-16-17-9-11-18(25-2)12-10-17/h9-12,19H,3-8,13-16H2,1-2H3/t19-/m0/s1. The fraction of sp³-hybridized carbons (Fsp3) is 0.619. The van der Waals surface area contributed by atoms with Gasteiger partial charge < -0.3 is 9.47 Å². The molecule has 0 aliphatic carbocycles. The largest absolute Gasteiger partial charge is 0.497 e. The Morgan fingerprint density at radius 2 is 1.96 bits per heavy atom. The topological polar surface area (TPSA) is 55.8 Å². The first kappa shape index (κ1) is 21.6. The number of amides is 2. The van der Waals surface area contributed by atoms with E-state index >= 15 is 0 Å². The van der Waals surface area contributed by atoms with Crippen LogP contribution in [0.5, 0.6) is 5.75 Å². The Morgan fingerprint density at radius 3 is 2.59 bits per heavy atom. The zero-order valence-corrected chi connectivity index (χ0v) is 17.3. The van der Waals surface area contributed by atoms with E-state index in [1.165, 1.54) is 36.1 Å². The van der Waals surface area contributed by atoms with Crippen LogP contribution < -0.4 is 4.74 Å². The van der Waals surface area contributed by atoms with Crippen molar-refractivity contribution in [2.45, 2.75) is 62.9 Å². The lowest BCUT2D eigenvalue weighted by molar-refractivity contribution is -0.127. The van der Waals surface area contributed by atoms with Crippen molar-refractivity contribution in [3.05, 3.63) is 29.8 Å². The summed E-state index contributed by atoms with van der Waals surface area (Å²) >= 11 is 1.80. The average Bonchev–Trinajstić information content (AvgIpc) is 3.12. The van der Waals surface area contributed by atoms with Crippen LogP contribution in [0.4, 0.5) is 4.79 Å². The maximum Gasteiger partial charge on any atom is 0.416 e. The minimum absolute atomic E-state index is 0.113. The van der Waals surface area contributed by atoms with Gasteiger partial charge in [-0.05, 0) is 24.1 Å². The molecule has 27 heavy (non-hydrogen) atoms. The lowest BCUT2D eigenvalue weighted by Crippen LogP contribution is -2.33. The second-order valence-corrected chi connectivity index (χ2v) is 8.14. The van der Waals surface area contributed by atoms with E-state index < -0.39 is 6.09 Å². The molecule has 0 spiro atoms. The zero-order valence-electron chi connectivity index (χ0n) is 16.4. The van der Waals surface area contributed by atoms with E-state index in [4.69, 9.17) is 9.47 Å². The van der Waals surface area contributed by atoms with Gasteiger partial charge in [0.15, 0.2) is 0 Å². The fourth-order valence-corrected chi connectivity index (χ4v) is 4.30. The van der Waals surface area contributed by atoms with Crippen molar-refractivity contribution in [1.29, 1.82) is 0 Å². The minimum atomic E-state index is -0.498. The van der Waals surface area contributed by atoms with Crippen LogP contribution in [0.25, 0.3) is 0 Å². The normalized spacial score (nSPS) is 14.9.